The van der Waals surface area contributed by atoms with E-state index in [-0.39, 0.29) is 18.4 Å². The molecule has 0 aromatic carbocycles. The predicted molar refractivity (Wildman–Crippen MR) is 78.7 cm³/mol. The van der Waals surface area contributed by atoms with Gasteiger partial charge in [-0.15, -0.1) is 0 Å². The van der Waals surface area contributed by atoms with Crippen molar-refractivity contribution in [2.45, 2.75) is 26.2 Å². The highest BCUT2D eigenvalue weighted by atomic mass is 16.3. The number of likely N-dealkylation sites (tertiary alicyclic amines) is 1. The Hall–Kier alpha value is -1.62. The van der Waals surface area contributed by atoms with E-state index in [1.54, 1.807) is 17.2 Å². The summed E-state index contributed by atoms with van der Waals surface area (Å²) in [5.41, 5.74) is 1.42. The Bertz CT molecular complexity index is 433. The van der Waals surface area contributed by atoms with Crippen molar-refractivity contribution in [1.82, 2.24) is 9.88 Å². The summed E-state index contributed by atoms with van der Waals surface area (Å²) in [7, 11) is 0. The Kier molecular flexibility index (Phi) is 5.35. The first-order valence-corrected chi connectivity index (χ1v) is 7.34. The molecule has 1 aliphatic heterocycles. The fraction of sp³-hybridized carbons (Fsp3) is 0.600. The van der Waals surface area contributed by atoms with Gasteiger partial charge in [0.2, 0.25) is 0 Å². The average molecular weight is 277 g/mol. The lowest BCUT2D eigenvalue weighted by atomic mass is 9.99. The Morgan fingerprint density at radius 1 is 1.55 bits per heavy atom. The minimum atomic E-state index is -0.0369. The average Bonchev–Trinajstić information content (AvgIpc) is 2.52. The smallest absolute Gasteiger partial charge is 0.272 e. The molecular weight excluding hydrogens is 254 g/mol. The molecule has 1 fully saturated rings. The molecule has 20 heavy (non-hydrogen) atoms. The molecule has 2 rings (SSSR count). The summed E-state index contributed by atoms with van der Waals surface area (Å²) in [6.45, 7) is 4.54. The number of hydrogen-bond donors (Lipinski definition) is 2. The highest BCUT2D eigenvalue weighted by Gasteiger charge is 2.24. The third-order valence-electron chi connectivity index (χ3n) is 3.63. The standard InChI is InChI=1S/C15H23N3O2/c1-2-7-16-13-5-6-14(17-9-13)15(20)18-8-3-4-12(10-18)11-19/h5-6,9,12,16,19H,2-4,7-8,10-11H2,1H3. The molecule has 1 atom stereocenters. The second kappa shape index (κ2) is 7.24. The van der Waals surface area contributed by atoms with E-state index in [4.69, 9.17) is 0 Å². The minimum Gasteiger partial charge on any atom is -0.396 e. The van der Waals surface area contributed by atoms with Crippen LogP contribution >= 0.6 is 0 Å². The first-order chi connectivity index (χ1) is 9.74. The fourth-order valence-corrected chi connectivity index (χ4v) is 2.45. The second-order valence-electron chi connectivity index (χ2n) is 5.30. The normalized spacial score (nSPS) is 18.9. The third kappa shape index (κ3) is 3.70. The number of rotatable bonds is 5. The molecule has 1 unspecified atom stereocenters. The molecule has 0 saturated carbocycles. The highest BCUT2D eigenvalue weighted by Crippen LogP contribution is 2.18. The maximum atomic E-state index is 12.3. The lowest BCUT2D eigenvalue weighted by molar-refractivity contribution is 0.0615. The van der Waals surface area contributed by atoms with Crippen LogP contribution in [0.1, 0.15) is 36.7 Å². The number of aliphatic hydroxyl groups is 1. The zero-order valence-electron chi connectivity index (χ0n) is 12.0. The van der Waals surface area contributed by atoms with Crippen molar-refractivity contribution in [3.05, 3.63) is 24.0 Å². The van der Waals surface area contributed by atoms with Gasteiger partial charge >= 0.3 is 0 Å². The number of carbonyl (C=O) groups excluding carboxylic acids is 1. The quantitative estimate of drug-likeness (QED) is 0.860. The summed E-state index contributed by atoms with van der Waals surface area (Å²) in [6.07, 6.45) is 4.70. The molecule has 1 saturated heterocycles. The summed E-state index contributed by atoms with van der Waals surface area (Å²) >= 11 is 0. The van der Waals surface area contributed by atoms with Crippen LogP contribution in [0.3, 0.4) is 0 Å². The molecule has 0 aliphatic carbocycles. The van der Waals surface area contributed by atoms with Gasteiger partial charge in [0.25, 0.3) is 5.91 Å². The SMILES string of the molecule is CCCNc1ccc(C(=O)N2CCCC(CO)C2)nc1. The molecule has 0 bridgehead atoms. The molecule has 1 aromatic heterocycles. The summed E-state index contributed by atoms with van der Waals surface area (Å²) in [6, 6.07) is 3.66. The van der Waals surface area contributed by atoms with E-state index in [1.807, 2.05) is 6.07 Å². The van der Waals surface area contributed by atoms with E-state index in [0.29, 0.717) is 12.2 Å². The van der Waals surface area contributed by atoms with Gasteiger partial charge in [-0.05, 0) is 37.3 Å². The third-order valence-corrected chi connectivity index (χ3v) is 3.63. The van der Waals surface area contributed by atoms with E-state index in [2.05, 4.69) is 17.2 Å². The first-order valence-electron chi connectivity index (χ1n) is 7.34. The van der Waals surface area contributed by atoms with Crippen LogP contribution in [0.2, 0.25) is 0 Å². The zero-order valence-corrected chi connectivity index (χ0v) is 12.0. The molecule has 1 amide bonds. The Balaban J connectivity index is 1.98. The van der Waals surface area contributed by atoms with Crippen molar-refractivity contribution >= 4 is 11.6 Å². The summed E-state index contributed by atoms with van der Waals surface area (Å²) in [5, 5.41) is 12.5. The van der Waals surface area contributed by atoms with Crippen LogP contribution < -0.4 is 5.32 Å². The van der Waals surface area contributed by atoms with Crippen molar-refractivity contribution in [3.8, 4) is 0 Å². The van der Waals surface area contributed by atoms with E-state index >= 15 is 0 Å². The van der Waals surface area contributed by atoms with Crippen molar-refractivity contribution in [3.63, 3.8) is 0 Å². The predicted octanol–water partition coefficient (Wildman–Crippen LogP) is 1.75. The number of amides is 1. The molecule has 0 spiro atoms. The van der Waals surface area contributed by atoms with Crippen molar-refractivity contribution in [1.29, 1.82) is 0 Å². The van der Waals surface area contributed by atoms with Gasteiger partial charge in [-0.2, -0.15) is 0 Å². The molecule has 2 N–H and O–H groups in total. The van der Waals surface area contributed by atoms with Gasteiger partial charge in [0.15, 0.2) is 0 Å². The molecular formula is C15H23N3O2. The van der Waals surface area contributed by atoms with Crippen LogP contribution in [0.25, 0.3) is 0 Å². The number of carbonyl (C=O) groups is 1. The van der Waals surface area contributed by atoms with Gasteiger partial charge in [-0.3, -0.25) is 4.79 Å². The Labute approximate surface area is 120 Å². The van der Waals surface area contributed by atoms with E-state index in [1.165, 1.54) is 0 Å². The Morgan fingerprint density at radius 3 is 3.05 bits per heavy atom. The number of nitrogens with one attached hydrogen (secondary N) is 1. The molecule has 5 nitrogen and oxygen atoms in total. The number of pyridine rings is 1. The molecule has 1 aliphatic rings. The maximum absolute atomic E-state index is 12.3. The van der Waals surface area contributed by atoms with E-state index in [0.717, 1.165) is 38.0 Å². The Morgan fingerprint density at radius 2 is 2.40 bits per heavy atom. The highest BCUT2D eigenvalue weighted by molar-refractivity contribution is 5.92. The van der Waals surface area contributed by atoms with E-state index < -0.39 is 0 Å². The number of anilines is 1. The van der Waals surface area contributed by atoms with Crippen LogP contribution in [0.15, 0.2) is 18.3 Å². The number of aliphatic hydroxyl groups excluding tert-OH is 1. The number of aromatic nitrogens is 1. The lowest BCUT2D eigenvalue weighted by Crippen LogP contribution is -2.41. The largest absolute Gasteiger partial charge is 0.396 e. The van der Waals surface area contributed by atoms with Crippen molar-refractivity contribution in [2.75, 3.05) is 31.6 Å². The molecule has 2 heterocycles. The molecule has 1 aromatic rings. The summed E-state index contributed by atoms with van der Waals surface area (Å²) in [5.74, 6) is 0.170. The molecule has 5 heteroatoms. The molecule has 110 valence electrons. The zero-order chi connectivity index (χ0) is 14.4. The topological polar surface area (TPSA) is 65.5 Å². The number of hydrogen-bond acceptors (Lipinski definition) is 4. The fourth-order valence-electron chi connectivity index (χ4n) is 2.45. The lowest BCUT2D eigenvalue weighted by Gasteiger charge is -2.31. The molecule has 0 radical (unpaired) electrons. The maximum Gasteiger partial charge on any atom is 0.272 e. The summed E-state index contributed by atoms with van der Waals surface area (Å²) in [4.78, 5) is 18.4. The van der Waals surface area contributed by atoms with Gasteiger partial charge in [0, 0.05) is 26.2 Å². The number of nitrogens with zero attached hydrogens (tertiary/aromatic N) is 2. The van der Waals surface area contributed by atoms with E-state index in [9.17, 15) is 9.90 Å². The van der Waals surface area contributed by atoms with Gasteiger partial charge in [-0.1, -0.05) is 6.92 Å². The second-order valence-corrected chi connectivity index (χ2v) is 5.30. The van der Waals surface area contributed by atoms with Crippen LogP contribution in [-0.2, 0) is 0 Å². The van der Waals surface area contributed by atoms with Gasteiger partial charge in [-0.25, -0.2) is 4.98 Å². The number of piperidine rings is 1. The van der Waals surface area contributed by atoms with Crippen LogP contribution in [0.4, 0.5) is 5.69 Å². The minimum absolute atomic E-state index is 0.0369. The van der Waals surface area contributed by atoms with Gasteiger partial charge in [0.05, 0.1) is 11.9 Å². The summed E-state index contributed by atoms with van der Waals surface area (Å²) < 4.78 is 0. The van der Waals surface area contributed by atoms with Gasteiger partial charge in [0.1, 0.15) is 5.69 Å². The van der Waals surface area contributed by atoms with Crippen LogP contribution in [0, 0.1) is 5.92 Å². The van der Waals surface area contributed by atoms with Crippen LogP contribution in [0.5, 0.6) is 0 Å². The van der Waals surface area contributed by atoms with Crippen LogP contribution in [-0.4, -0.2) is 47.1 Å². The van der Waals surface area contributed by atoms with Gasteiger partial charge < -0.3 is 15.3 Å². The monoisotopic (exact) mass is 277 g/mol. The van der Waals surface area contributed by atoms with Crippen molar-refractivity contribution < 1.29 is 9.90 Å². The van der Waals surface area contributed by atoms with Crippen molar-refractivity contribution in [2.24, 2.45) is 5.92 Å². The first kappa shape index (κ1) is 14.8.